The van der Waals surface area contributed by atoms with Crippen LogP contribution in [0.5, 0.6) is 5.75 Å². The number of aromatic nitrogens is 4. The molecule has 0 aliphatic carbocycles. The molecule has 1 aliphatic rings. The van der Waals surface area contributed by atoms with Gasteiger partial charge in [0.05, 0.1) is 24.4 Å². The number of fused-ring (bicyclic) bond motifs is 1. The lowest BCUT2D eigenvalue weighted by Crippen LogP contribution is -2.39. The van der Waals surface area contributed by atoms with Crippen molar-refractivity contribution in [3.05, 3.63) is 36.8 Å². The second kappa shape index (κ2) is 6.35. The maximum atomic E-state index is 5.23. The van der Waals surface area contributed by atoms with Crippen molar-refractivity contribution < 1.29 is 4.74 Å². The summed E-state index contributed by atoms with van der Waals surface area (Å²) in [6, 6.07) is 7.83. The summed E-state index contributed by atoms with van der Waals surface area (Å²) in [5, 5.41) is 5.56. The van der Waals surface area contributed by atoms with Crippen LogP contribution in [0.2, 0.25) is 0 Å². The van der Waals surface area contributed by atoms with Gasteiger partial charge in [-0.15, -0.1) is 0 Å². The SMILES string of the molecule is COc1ccc(-n2ncc3c(N4C[C@H](C)C[C@H](C)C4)ncnc32)cc1. The maximum Gasteiger partial charge on any atom is 0.168 e. The monoisotopic (exact) mass is 337 g/mol. The van der Waals surface area contributed by atoms with Crippen LogP contribution < -0.4 is 9.64 Å². The van der Waals surface area contributed by atoms with Crippen LogP contribution in [0, 0.1) is 11.8 Å². The van der Waals surface area contributed by atoms with E-state index in [1.807, 2.05) is 35.1 Å². The van der Waals surface area contributed by atoms with Crippen LogP contribution in [0.3, 0.4) is 0 Å². The molecule has 1 saturated heterocycles. The van der Waals surface area contributed by atoms with Crippen LogP contribution in [-0.4, -0.2) is 39.9 Å². The van der Waals surface area contributed by atoms with Gasteiger partial charge in [0.25, 0.3) is 0 Å². The maximum absolute atomic E-state index is 5.23. The highest BCUT2D eigenvalue weighted by Gasteiger charge is 2.25. The van der Waals surface area contributed by atoms with Gasteiger partial charge in [0.1, 0.15) is 17.9 Å². The number of rotatable bonds is 3. The highest BCUT2D eigenvalue weighted by atomic mass is 16.5. The summed E-state index contributed by atoms with van der Waals surface area (Å²) in [5.41, 5.74) is 1.79. The van der Waals surface area contributed by atoms with Crippen molar-refractivity contribution in [2.24, 2.45) is 11.8 Å². The number of benzene rings is 1. The van der Waals surface area contributed by atoms with E-state index in [0.717, 1.165) is 41.4 Å². The smallest absolute Gasteiger partial charge is 0.168 e. The molecule has 0 spiro atoms. The topological polar surface area (TPSA) is 56.1 Å². The molecule has 0 unspecified atom stereocenters. The summed E-state index contributed by atoms with van der Waals surface area (Å²) in [4.78, 5) is 11.4. The van der Waals surface area contributed by atoms with Crippen molar-refractivity contribution in [3.8, 4) is 11.4 Å². The summed E-state index contributed by atoms with van der Waals surface area (Å²) < 4.78 is 7.09. The lowest BCUT2D eigenvalue weighted by atomic mass is 9.92. The molecule has 2 atom stereocenters. The Morgan fingerprint density at radius 1 is 1.04 bits per heavy atom. The zero-order chi connectivity index (χ0) is 17.4. The first-order valence-electron chi connectivity index (χ1n) is 8.74. The van der Waals surface area contributed by atoms with E-state index in [-0.39, 0.29) is 0 Å². The minimum absolute atomic E-state index is 0.672. The molecule has 1 fully saturated rings. The molecular weight excluding hydrogens is 314 g/mol. The van der Waals surface area contributed by atoms with Crippen molar-refractivity contribution in [1.29, 1.82) is 0 Å². The molecular formula is C19H23N5O. The van der Waals surface area contributed by atoms with Crippen LogP contribution >= 0.6 is 0 Å². The third kappa shape index (κ3) is 2.92. The molecule has 0 bridgehead atoms. The summed E-state index contributed by atoms with van der Waals surface area (Å²) >= 11 is 0. The Bertz CT molecular complexity index is 863. The summed E-state index contributed by atoms with van der Waals surface area (Å²) in [7, 11) is 1.67. The third-order valence-corrected chi connectivity index (χ3v) is 4.83. The predicted molar refractivity (Wildman–Crippen MR) is 98.4 cm³/mol. The van der Waals surface area contributed by atoms with Crippen molar-refractivity contribution in [2.75, 3.05) is 25.1 Å². The highest BCUT2D eigenvalue weighted by Crippen LogP contribution is 2.30. The molecule has 6 heteroatoms. The van der Waals surface area contributed by atoms with Crippen LogP contribution in [-0.2, 0) is 0 Å². The van der Waals surface area contributed by atoms with Gasteiger partial charge in [-0.2, -0.15) is 5.10 Å². The Balaban J connectivity index is 1.75. The predicted octanol–water partition coefficient (Wildman–Crippen LogP) is 3.31. The lowest BCUT2D eigenvalue weighted by molar-refractivity contribution is 0.356. The normalized spacial score (nSPS) is 20.8. The van der Waals surface area contributed by atoms with E-state index in [1.165, 1.54) is 6.42 Å². The Kier molecular flexibility index (Phi) is 4.03. The number of piperidine rings is 1. The van der Waals surface area contributed by atoms with Gasteiger partial charge in [-0.3, -0.25) is 0 Å². The molecule has 130 valence electrons. The highest BCUT2D eigenvalue weighted by molar-refractivity contribution is 5.87. The largest absolute Gasteiger partial charge is 0.497 e. The molecule has 0 saturated carbocycles. The number of ether oxygens (including phenoxy) is 1. The molecule has 0 amide bonds. The minimum Gasteiger partial charge on any atom is -0.497 e. The standard InChI is InChI=1S/C19H23N5O/c1-13-8-14(2)11-23(10-13)18-17-9-22-24(19(17)21-12-20-18)15-4-6-16(25-3)7-5-15/h4-7,9,12-14H,8,10-11H2,1-3H3/t13-,14+. The van der Waals surface area contributed by atoms with Crippen LogP contribution in [0.1, 0.15) is 20.3 Å². The van der Waals surface area contributed by atoms with Crippen molar-refractivity contribution in [1.82, 2.24) is 19.7 Å². The van der Waals surface area contributed by atoms with Gasteiger partial charge in [0.2, 0.25) is 0 Å². The number of anilines is 1. The quantitative estimate of drug-likeness (QED) is 0.734. The first-order valence-corrected chi connectivity index (χ1v) is 8.74. The molecule has 2 aromatic heterocycles. The van der Waals surface area contributed by atoms with Crippen molar-refractivity contribution in [2.45, 2.75) is 20.3 Å². The molecule has 0 radical (unpaired) electrons. The van der Waals surface area contributed by atoms with Crippen LogP contribution in [0.15, 0.2) is 36.8 Å². The van der Waals surface area contributed by atoms with Gasteiger partial charge in [0.15, 0.2) is 5.65 Å². The second-order valence-electron chi connectivity index (χ2n) is 7.04. The van der Waals surface area contributed by atoms with Gasteiger partial charge in [0, 0.05) is 13.1 Å². The van der Waals surface area contributed by atoms with E-state index in [9.17, 15) is 0 Å². The zero-order valence-electron chi connectivity index (χ0n) is 14.9. The van der Waals surface area contributed by atoms with Crippen molar-refractivity contribution >= 4 is 16.9 Å². The van der Waals surface area contributed by atoms with Gasteiger partial charge >= 0.3 is 0 Å². The molecule has 6 nitrogen and oxygen atoms in total. The molecule has 0 N–H and O–H groups in total. The van der Waals surface area contributed by atoms with E-state index < -0.39 is 0 Å². The molecule has 1 aromatic carbocycles. The summed E-state index contributed by atoms with van der Waals surface area (Å²) in [5.74, 6) is 3.16. The average Bonchev–Trinajstić information content (AvgIpc) is 3.05. The molecule has 1 aliphatic heterocycles. The molecule has 25 heavy (non-hydrogen) atoms. The number of methoxy groups -OCH3 is 1. The molecule has 4 rings (SSSR count). The van der Waals surface area contributed by atoms with E-state index >= 15 is 0 Å². The number of hydrogen-bond donors (Lipinski definition) is 0. The third-order valence-electron chi connectivity index (χ3n) is 4.83. The van der Waals surface area contributed by atoms with Crippen LogP contribution in [0.4, 0.5) is 5.82 Å². The second-order valence-corrected chi connectivity index (χ2v) is 7.04. The van der Waals surface area contributed by atoms with E-state index in [2.05, 4.69) is 33.8 Å². The number of hydrogen-bond acceptors (Lipinski definition) is 5. The Morgan fingerprint density at radius 3 is 2.44 bits per heavy atom. The zero-order valence-corrected chi connectivity index (χ0v) is 14.9. The van der Waals surface area contributed by atoms with Gasteiger partial charge in [-0.05, 0) is 42.5 Å². The van der Waals surface area contributed by atoms with Gasteiger partial charge < -0.3 is 9.64 Å². The molecule has 3 heterocycles. The summed E-state index contributed by atoms with van der Waals surface area (Å²) in [6.45, 7) is 6.68. The van der Waals surface area contributed by atoms with E-state index in [4.69, 9.17) is 4.74 Å². The minimum atomic E-state index is 0.672. The fourth-order valence-corrected chi connectivity index (χ4v) is 3.83. The van der Waals surface area contributed by atoms with Crippen molar-refractivity contribution in [3.63, 3.8) is 0 Å². The lowest BCUT2D eigenvalue weighted by Gasteiger charge is -2.35. The fourth-order valence-electron chi connectivity index (χ4n) is 3.83. The first kappa shape index (κ1) is 15.9. The number of nitrogens with zero attached hydrogens (tertiary/aromatic N) is 5. The van der Waals surface area contributed by atoms with Gasteiger partial charge in [-0.25, -0.2) is 14.6 Å². The first-order chi connectivity index (χ1) is 12.2. The summed E-state index contributed by atoms with van der Waals surface area (Å²) in [6.07, 6.45) is 4.79. The average molecular weight is 337 g/mol. The Morgan fingerprint density at radius 2 is 1.76 bits per heavy atom. The Hall–Kier alpha value is -2.63. The fraction of sp³-hybridized carbons (Fsp3) is 0.421. The Labute approximate surface area is 147 Å². The van der Waals surface area contributed by atoms with Crippen LogP contribution in [0.25, 0.3) is 16.7 Å². The van der Waals surface area contributed by atoms with Gasteiger partial charge in [-0.1, -0.05) is 13.8 Å². The van der Waals surface area contributed by atoms with E-state index in [0.29, 0.717) is 11.8 Å². The molecule has 3 aromatic rings. The van der Waals surface area contributed by atoms with E-state index in [1.54, 1.807) is 13.4 Å².